The predicted molar refractivity (Wildman–Crippen MR) is 73.4 cm³/mol. The summed E-state index contributed by atoms with van der Waals surface area (Å²) >= 11 is 0. The number of nitriles is 1. The molecule has 1 saturated heterocycles. The average molecular weight is 307 g/mol. The van der Waals surface area contributed by atoms with E-state index in [1.165, 1.54) is 6.92 Å². The van der Waals surface area contributed by atoms with Gasteiger partial charge in [-0.05, 0) is 37.5 Å². The lowest BCUT2D eigenvalue weighted by Gasteiger charge is -2.22. The minimum atomic E-state index is -1.49. The number of nitrogens with zero attached hydrogens (tertiary/aromatic N) is 2. The summed E-state index contributed by atoms with van der Waals surface area (Å²) in [4.78, 5) is 25.4. The molecule has 7 heteroatoms. The maximum Gasteiger partial charge on any atom is 0.325 e. The van der Waals surface area contributed by atoms with E-state index in [-0.39, 0.29) is 12.1 Å². The Morgan fingerprint density at radius 1 is 1.23 bits per heavy atom. The number of carbonyl (C=O) groups is 2. The largest absolute Gasteiger partial charge is 0.325 e. The van der Waals surface area contributed by atoms with Gasteiger partial charge in [-0.25, -0.2) is 13.6 Å². The molecule has 1 aromatic rings. The van der Waals surface area contributed by atoms with E-state index >= 15 is 0 Å². The lowest BCUT2D eigenvalue weighted by molar-refractivity contribution is -0.131. The topological polar surface area (TPSA) is 73.2 Å². The number of carbonyl (C=O) groups excluding carboxylic acids is 2. The fraction of sp³-hybridized carbons (Fsp3) is 0.400. The van der Waals surface area contributed by atoms with Crippen LogP contribution in [0.4, 0.5) is 13.6 Å². The second-order valence-corrected chi connectivity index (χ2v) is 5.29. The van der Waals surface area contributed by atoms with Gasteiger partial charge in [0.05, 0.1) is 6.07 Å². The molecule has 0 aliphatic carbocycles. The Labute approximate surface area is 126 Å². The second kappa shape index (κ2) is 6.10. The summed E-state index contributed by atoms with van der Waals surface area (Å²) in [6.07, 6.45) is 1.41. The minimum absolute atomic E-state index is 0.0582. The Bertz CT molecular complexity index is 636. The van der Waals surface area contributed by atoms with Crippen molar-refractivity contribution in [2.24, 2.45) is 0 Å². The first-order valence-electron chi connectivity index (χ1n) is 6.86. The van der Waals surface area contributed by atoms with Crippen LogP contribution in [-0.2, 0) is 10.3 Å². The number of benzene rings is 1. The van der Waals surface area contributed by atoms with Gasteiger partial charge in [-0.15, -0.1) is 0 Å². The van der Waals surface area contributed by atoms with Crippen molar-refractivity contribution < 1.29 is 18.4 Å². The molecule has 116 valence electrons. The van der Waals surface area contributed by atoms with Crippen LogP contribution in [0.25, 0.3) is 0 Å². The third-order valence-electron chi connectivity index (χ3n) is 3.64. The highest BCUT2D eigenvalue weighted by Crippen LogP contribution is 2.30. The van der Waals surface area contributed by atoms with Crippen molar-refractivity contribution in [3.05, 3.63) is 35.4 Å². The number of hydrogen-bond acceptors (Lipinski definition) is 3. The van der Waals surface area contributed by atoms with E-state index in [1.807, 2.05) is 6.07 Å². The molecule has 2 rings (SSSR count). The summed E-state index contributed by atoms with van der Waals surface area (Å²) in [5.74, 6) is -2.18. The van der Waals surface area contributed by atoms with Crippen LogP contribution in [-0.4, -0.2) is 23.4 Å². The predicted octanol–water partition coefficient (Wildman–Crippen LogP) is 2.43. The highest BCUT2D eigenvalue weighted by atomic mass is 19.1. The molecule has 0 bridgehead atoms. The summed E-state index contributed by atoms with van der Waals surface area (Å²) < 4.78 is 26.7. The van der Waals surface area contributed by atoms with Gasteiger partial charge in [0.1, 0.15) is 17.2 Å². The van der Waals surface area contributed by atoms with Crippen LogP contribution in [0.5, 0.6) is 0 Å². The van der Waals surface area contributed by atoms with Crippen LogP contribution in [0.15, 0.2) is 18.2 Å². The van der Waals surface area contributed by atoms with Gasteiger partial charge in [0.2, 0.25) is 0 Å². The monoisotopic (exact) mass is 307 g/mol. The molecule has 0 saturated carbocycles. The van der Waals surface area contributed by atoms with Crippen molar-refractivity contribution in [1.82, 2.24) is 10.2 Å². The maximum atomic E-state index is 13.4. The minimum Gasteiger partial charge on any atom is -0.319 e. The van der Waals surface area contributed by atoms with Crippen molar-refractivity contribution in [2.45, 2.75) is 31.7 Å². The van der Waals surface area contributed by atoms with Gasteiger partial charge in [0.25, 0.3) is 5.91 Å². The average Bonchev–Trinajstić information content (AvgIpc) is 2.66. The van der Waals surface area contributed by atoms with E-state index < -0.39 is 29.1 Å². The third kappa shape index (κ3) is 2.91. The summed E-state index contributed by atoms with van der Waals surface area (Å²) in [5.41, 5.74) is -1.43. The van der Waals surface area contributed by atoms with E-state index in [2.05, 4.69) is 5.32 Å². The van der Waals surface area contributed by atoms with E-state index in [4.69, 9.17) is 5.26 Å². The van der Waals surface area contributed by atoms with Crippen LogP contribution >= 0.6 is 0 Å². The van der Waals surface area contributed by atoms with Crippen molar-refractivity contribution >= 4 is 11.9 Å². The zero-order valence-corrected chi connectivity index (χ0v) is 12.0. The van der Waals surface area contributed by atoms with Crippen LogP contribution in [0, 0.1) is 23.0 Å². The number of nitrogens with one attached hydrogen (secondary N) is 1. The van der Waals surface area contributed by atoms with Crippen molar-refractivity contribution in [1.29, 1.82) is 5.26 Å². The molecule has 0 unspecified atom stereocenters. The van der Waals surface area contributed by atoms with Crippen LogP contribution < -0.4 is 5.32 Å². The SMILES string of the molecule is C[C@@]1(c2cc(F)cc(F)c2)NC(=O)N(CCCCC#N)C1=O. The van der Waals surface area contributed by atoms with E-state index in [0.717, 1.165) is 17.0 Å². The number of unbranched alkanes of at least 4 members (excludes halogenated alkanes) is 2. The Morgan fingerprint density at radius 3 is 2.45 bits per heavy atom. The van der Waals surface area contributed by atoms with Gasteiger partial charge >= 0.3 is 6.03 Å². The standard InChI is InChI=1S/C15H15F2N3O2/c1-15(10-7-11(16)9-12(17)8-10)13(21)20(14(22)19-15)6-4-2-3-5-18/h7-9H,2-4,6H2,1H3,(H,19,22)/t15-/m0/s1. The van der Waals surface area contributed by atoms with Gasteiger partial charge in [-0.3, -0.25) is 9.69 Å². The lowest BCUT2D eigenvalue weighted by Crippen LogP contribution is -2.41. The van der Waals surface area contributed by atoms with Crippen molar-refractivity contribution in [3.63, 3.8) is 0 Å². The molecule has 1 heterocycles. The highest BCUT2D eigenvalue weighted by Gasteiger charge is 2.48. The first-order valence-corrected chi connectivity index (χ1v) is 6.86. The molecule has 0 spiro atoms. The first-order chi connectivity index (χ1) is 10.4. The third-order valence-corrected chi connectivity index (χ3v) is 3.64. The van der Waals surface area contributed by atoms with Crippen molar-refractivity contribution in [2.75, 3.05) is 6.54 Å². The molecule has 1 aliphatic rings. The summed E-state index contributed by atoms with van der Waals surface area (Å²) in [7, 11) is 0. The number of amides is 3. The van der Waals surface area contributed by atoms with Gasteiger partial charge in [-0.1, -0.05) is 0 Å². The smallest absolute Gasteiger partial charge is 0.319 e. The van der Waals surface area contributed by atoms with Crippen LogP contribution in [0.1, 0.15) is 31.7 Å². The molecule has 1 aromatic carbocycles. The fourth-order valence-electron chi connectivity index (χ4n) is 2.41. The Balaban J connectivity index is 2.20. The molecule has 5 nitrogen and oxygen atoms in total. The second-order valence-electron chi connectivity index (χ2n) is 5.29. The van der Waals surface area contributed by atoms with Crippen molar-refractivity contribution in [3.8, 4) is 6.07 Å². The van der Waals surface area contributed by atoms with Gasteiger partial charge in [0.15, 0.2) is 0 Å². The van der Waals surface area contributed by atoms with E-state index in [9.17, 15) is 18.4 Å². The Morgan fingerprint density at radius 2 is 1.86 bits per heavy atom. The zero-order chi connectivity index (χ0) is 16.3. The molecule has 22 heavy (non-hydrogen) atoms. The van der Waals surface area contributed by atoms with Crippen LogP contribution in [0.2, 0.25) is 0 Å². The van der Waals surface area contributed by atoms with Gasteiger partial charge in [0, 0.05) is 19.0 Å². The zero-order valence-electron chi connectivity index (χ0n) is 12.0. The van der Waals surface area contributed by atoms with Crippen LogP contribution in [0.3, 0.4) is 0 Å². The number of imide groups is 1. The number of rotatable bonds is 5. The molecule has 0 aromatic heterocycles. The molecule has 1 aliphatic heterocycles. The Hall–Kier alpha value is -2.49. The van der Waals surface area contributed by atoms with Gasteiger partial charge < -0.3 is 5.32 Å². The number of hydrogen-bond donors (Lipinski definition) is 1. The van der Waals surface area contributed by atoms with Gasteiger partial charge in [-0.2, -0.15) is 5.26 Å². The normalized spacial score (nSPS) is 20.9. The molecular formula is C15H15F2N3O2. The van der Waals surface area contributed by atoms with E-state index in [0.29, 0.717) is 25.3 Å². The summed E-state index contributed by atoms with van der Waals surface area (Å²) in [5, 5.41) is 10.9. The Kier molecular flexibility index (Phi) is 4.40. The quantitative estimate of drug-likeness (QED) is 0.670. The van der Waals surface area contributed by atoms with E-state index in [1.54, 1.807) is 0 Å². The fourth-order valence-corrected chi connectivity index (χ4v) is 2.41. The summed E-state index contributed by atoms with van der Waals surface area (Å²) in [6, 6.07) is 4.14. The molecular weight excluding hydrogens is 292 g/mol. The molecule has 1 fully saturated rings. The maximum absolute atomic E-state index is 13.4. The molecule has 3 amide bonds. The first kappa shape index (κ1) is 15.9. The molecule has 1 atom stereocenters. The lowest BCUT2D eigenvalue weighted by atomic mass is 9.92. The number of urea groups is 1. The molecule has 1 N–H and O–H groups in total. The summed E-state index contributed by atoms with van der Waals surface area (Å²) in [6.45, 7) is 1.58. The molecule has 0 radical (unpaired) electrons. The number of halogens is 2. The highest BCUT2D eigenvalue weighted by molar-refractivity contribution is 6.07.